The Hall–Kier alpha value is -1.53. The first-order chi connectivity index (χ1) is 12.5. The van der Waals surface area contributed by atoms with Gasteiger partial charge in [-0.15, -0.1) is 12.3 Å². The van der Waals surface area contributed by atoms with Crippen molar-refractivity contribution in [3.63, 3.8) is 0 Å². The second kappa shape index (κ2) is 5.49. The number of hydrogen-bond acceptors (Lipinski definition) is 3. The Morgan fingerprint density at radius 3 is 3.00 bits per heavy atom. The topological polar surface area (TPSA) is 46.3 Å². The summed E-state index contributed by atoms with van der Waals surface area (Å²) in [5, 5.41) is 15.1. The van der Waals surface area contributed by atoms with E-state index < -0.39 is 0 Å². The van der Waals surface area contributed by atoms with Crippen LogP contribution in [0.3, 0.4) is 0 Å². The molecule has 138 valence electrons. The molecule has 1 heterocycles. The maximum absolute atomic E-state index is 11.0. The molecule has 7 unspecified atom stereocenters. The summed E-state index contributed by atoms with van der Waals surface area (Å²) in [4.78, 5) is 0. The predicted molar refractivity (Wildman–Crippen MR) is 101 cm³/mol. The summed E-state index contributed by atoms with van der Waals surface area (Å²) in [6.07, 6.45) is 17.2. The number of aliphatic hydroxyl groups excluding tert-OH is 1. The maximum Gasteiger partial charge on any atom is 0.162 e. The normalized spacial score (nSPS) is 46.4. The van der Waals surface area contributed by atoms with Crippen LogP contribution in [-0.4, -0.2) is 16.4 Å². The van der Waals surface area contributed by atoms with Gasteiger partial charge in [0.25, 0.3) is 0 Å². The van der Waals surface area contributed by atoms with E-state index in [2.05, 4.69) is 31.0 Å². The van der Waals surface area contributed by atoms with Gasteiger partial charge in [-0.1, -0.05) is 24.6 Å². The van der Waals surface area contributed by atoms with Crippen LogP contribution in [0.5, 0.6) is 0 Å². The highest BCUT2D eigenvalue weighted by Crippen LogP contribution is 2.66. The molecule has 3 heteroatoms. The third-order valence-corrected chi connectivity index (χ3v) is 8.77. The number of fused-ring (bicyclic) bond motifs is 6. The summed E-state index contributed by atoms with van der Waals surface area (Å²) in [5.41, 5.74) is 3.10. The number of terminal acetylenes is 1. The number of nitrogens with zero attached hydrogens (tertiary/aromatic N) is 1. The summed E-state index contributed by atoms with van der Waals surface area (Å²) in [6.45, 7) is 4.81. The lowest BCUT2D eigenvalue weighted by molar-refractivity contribution is -0.0743. The zero-order chi connectivity index (χ0) is 18.1. The minimum absolute atomic E-state index is 0.0529. The van der Waals surface area contributed by atoms with Crippen LogP contribution in [0.1, 0.15) is 63.7 Å². The SMILES string of the molecule is C#CCC1CC2C3CCC4=Cc5oncc5CC4(C)C3CCC2(C)C1O. The van der Waals surface area contributed by atoms with Gasteiger partial charge in [0, 0.05) is 12.0 Å². The molecule has 0 aromatic carbocycles. The number of rotatable bonds is 1. The minimum atomic E-state index is -0.231. The predicted octanol–water partition coefficient (Wildman–Crippen LogP) is 4.47. The largest absolute Gasteiger partial charge is 0.392 e. The van der Waals surface area contributed by atoms with E-state index in [1.165, 1.54) is 18.4 Å². The molecule has 26 heavy (non-hydrogen) atoms. The number of allylic oxidation sites excluding steroid dienone is 1. The van der Waals surface area contributed by atoms with E-state index in [4.69, 9.17) is 10.9 Å². The van der Waals surface area contributed by atoms with Crippen molar-refractivity contribution in [3.05, 3.63) is 23.1 Å². The van der Waals surface area contributed by atoms with Gasteiger partial charge in [0.1, 0.15) is 0 Å². The highest BCUT2D eigenvalue weighted by atomic mass is 16.5. The summed E-state index contributed by atoms with van der Waals surface area (Å²) in [7, 11) is 0. The molecule has 0 saturated heterocycles. The van der Waals surface area contributed by atoms with E-state index in [-0.39, 0.29) is 22.9 Å². The Balaban J connectivity index is 1.49. The molecule has 0 radical (unpaired) electrons. The van der Waals surface area contributed by atoms with Gasteiger partial charge in [0.05, 0.1) is 12.3 Å². The zero-order valence-corrected chi connectivity index (χ0v) is 15.9. The van der Waals surface area contributed by atoms with Crippen LogP contribution in [0.15, 0.2) is 16.3 Å². The van der Waals surface area contributed by atoms with Gasteiger partial charge in [-0.3, -0.25) is 0 Å². The monoisotopic (exact) mass is 351 g/mol. The van der Waals surface area contributed by atoms with Gasteiger partial charge in [-0.05, 0) is 79.1 Å². The standard InChI is InChI=1S/C23H29NO2/c1-4-5-14-10-19-17-7-6-16-11-20-15(13-24-26-20)12-23(16,3)18(17)8-9-22(19,2)21(14)25/h1,11,13-14,17-19,21,25H,5-10,12H2,2-3H3. The highest BCUT2D eigenvalue weighted by molar-refractivity contribution is 5.57. The van der Waals surface area contributed by atoms with Gasteiger partial charge in [-0.25, -0.2) is 0 Å². The van der Waals surface area contributed by atoms with Gasteiger partial charge in [-0.2, -0.15) is 0 Å². The van der Waals surface area contributed by atoms with E-state index in [9.17, 15) is 5.11 Å². The fraction of sp³-hybridized carbons (Fsp3) is 0.696. The van der Waals surface area contributed by atoms with Crippen molar-refractivity contribution in [3.8, 4) is 12.3 Å². The van der Waals surface area contributed by atoms with Crippen LogP contribution >= 0.6 is 0 Å². The zero-order valence-electron chi connectivity index (χ0n) is 15.9. The van der Waals surface area contributed by atoms with Crippen LogP contribution in [0.25, 0.3) is 6.08 Å². The van der Waals surface area contributed by atoms with Crippen molar-refractivity contribution in [1.29, 1.82) is 0 Å². The molecule has 1 aromatic heterocycles. The Labute approximate surface area is 156 Å². The number of aliphatic hydroxyl groups is 1. The first-order valence-corrected chi connectivity index (χ1v) is 10.2. The lowest BCUT2D eigenvalue weighted by Gasteiger charge is -2.57. The summed E-state index contributed by atoms with van der Waals surface area (Å²) in [5.74, 6) is 6.08. The summed E-state index contributed by atoms with van der Waals surface area (Å²) < 4.78 is 5.45. The van der Waals surface area contributed by atoms with Gasteiger partial charge in [0.2, 0.25) is 0 Å². The molecule has 4 aliphatic carbocycles. The Morgan fingerprint density at radius 1 is 1.35 bits per heavy atom. The lowest BCUT2D eigenvalue weighted by Crippen LogP contribution is -2.51. The van der Waals surface area contributed by atoms with Crippen LogP contribution in [-0.2, 0) is 6.42 Å². The van der Waals surface area contributed by atoms with Crippen molar-refractivity contribution < 1.29 is 9.63 Å². The second-order valence-electron chi connectivity index (χ2n) is 9.79. The first kappa shape index (κ1) is 16.6. The van der Waals surface area contributed by atoms with Crippen molar-refractivity contribution in [2.45, 2.75) is 64.9 Å². The number of aromatic nitrogens is 1. The van der Waals surface area contributed by atoms with E-state index in [1.54, 1.807) is 5.57 Å². The van der Waals surface area contributed by atoms with Crippen LogP contribution < -0.4 is 0 Å². The van der Waals surface area contributed by atoms with Crippen LogP contribution in [0.4, 0.5) is 0 Å². The molecule has 3 saturated carbocycles. The first-order valence-electron chi connectivity index (χ1n) is 10.2. The molecular formula is C23H29NO2. The third-order valence-electron chi connectivity index (χ3n) is 8.77. The van der Waals surface area contributed by atoms with Crippen molar-refractivity contribution >= 4 is 6.08 Å². The van der Waals surface area contributed by atoms with Crippen LogP contribution in [0.2, 0.25) is 0 Å². The maximum atomic E-state index is 11.0. The lowest BCUT2D eigenvalue weighted by atomic mass is 9.47. The van der Waals surface area contributed by atoms with E-state index in [0.717, 1.165) is 37.9 Å². The molecule has 0 amide bonds. The molecule has 0 bridgehead atoms. The quantitative estimate of drug-likeness (QED) is 0.760. The van der Waals surface area contributed by atoms with Crippen LogP contribution in [0, 0.1) is 46.8 Å². The number of hydrogen-bond donors (Lipinski definition) is 1. The fourth-order valence-corrected chi connectivity index (χ4v) is 7.38. The molecule has 3 nitrogen and oxygen atoms in total. The van der Waals surface area contributed by atoms with Crippen molar-refractivity contribution in [1.82, 2.24) is 5.16 Å². The van der Waals surface area contributed by atoms with E-state index in [1.807, 2.05) is 6.20 Å². The molecule has 0 aliphatic heterocycles. The van der Waals surface area contributed by atoms with Gasteiger partial charge in [0.15, 0.2) is 5.76 Å². The summed E-state index contributed by atoms with van der Waals surface area (Å²) in [6, 6.07) is 0. The van der Waals surface area contributed by atoms with Gasteiger partial charge < -0.3 is 9.63 Å². The minimum Gasteiger partial charge on any atom is -0.392 e. The molecule has 5 rings (SSSR count). The molecule has 0 spiro atoms. The molecule has 1 N–H and O–H groups in total. The molecular weight excluding hydrogens is 322 g/mol. The second-order valence-corrected chi connectivity index (χ2v) is 9.79. The molecule has 1 aromatic rings. The average Bonchev–Trinajstić information content (AvgIpc) is 3.16. The third kappa shape index (κ3) is 2.03. The van der Waals surface area contributed by atoms with Gasteiger partial charge >= 0.3 is 0 Å². The van der Waals surface area contributed by atoms with E-state index >= 15 is 0 Å². The molecule has 3 fully saturated rings. The average molecular weight is 351 g/mol. The molecule has 4 aliphatic rings. The smallest absolute Gasteiger partial charge is 0.162 e. The highest BCUT2D eigenvalue weighted by Gasteiger charge is 2.61. The van der Waals surface area contributed by atoms with Crippen molar-refractivity contribution in [2.24, 2.45) is 34.5 Å². The Kier molecular flexibility index (Phi) is 3.51. The Bertz CT molecular complexity index is 801. The van der Waals surface area contributed by atoms with E-state index in [0.29, 0.717) is 17.8 Å². The summed E-state index contributed by atoms with van der Waals surface area (Å²) >= 11 is 0. The van der Waals surface area contributed by atoms with Crippen molar-refractivity contribution in [2.75, 3.05) is 0 Å². The Morgan fingerprint density at radius 2 is 2.19 bits per heavy atom. The fourth-order valence-electron chi connectivity index (χ4n) is 7.38. The molecule has 7 atom stereocenters.